The van der Waals surface area contributed by atoms with E-state index in [1.807, 2.05) is 49.6 Å². The van der Waals surface area contributed by atoms with Gasteiger partial charge in [-0.3, -0.25) is 4.79 Å². The van der Waals surface area contributed by atoms with Gasteiger partial charge < -0.3 is 10.3 Å². The quantitative estimate of drug-likeness (QED) is 0.516. The van der Waals surface area contributed by atoms with Gasteiger partial charge in [-0.2, -0.15) is 9.36 Å². The van der Waals surface area contributed by atoms with Gasteiger partial charge in [0.15, 0.2) is 0 Å². The lowest BCUT2D eigenvalue weighted by Gasteiger charge is -2.20. The Morgan fingerprint density at radius 2 is 2.04 bits per heavy atom. The van der Waals surface area contributed by atoms with Crippen LogP contribution in [0.2, 0.25) is 0 Å². The van der Waals surface area contributed by atoms with Crippen molar-refractivity contribution >= 4 is 28.3 Å². The number of thiophene rings is 1. The second-order valence-corrected chi connectivity index (χ2v) is 7.64. The van der Waals surface area contributed by atoms with Gasteiger partial charge in [0, 0.05) is 0 Å². The molecule has 0 aliphatic heterocycles. The van der Waals surface area contributed by atoms with Crippen LogP contribution in [0.3, 0.4) is 0 Å². The van der Waals surface area contributed by atoms with Gasteiger partial charge >= 0.3 is 5.69 Å². The summed E-state index contributed by atoms with van der Waals surface area (Å²) >= 11 is 1.37. The number of H-pyrrole nitrogens is 1. The van der Waals surface area contributed by atoms with E-state index in [0.29, 0.717) is 10.8 Å². The normalized spacial score (nSPS) is 12.5. The number of nitrogens with zero attached hydrogens (tertiary/aromatic N) is 5. The van der Waals surface area contributed by atoms with E-state index in [0.717, 1.165) is 15.7 Å². The number of aromatic amines is 1. The monoisotopic (exact) mass is 397 g/mol. The number of rotatable bonds is 6. The number of benzene rings is 1. The van der Waals surface area contributed by atoms with Gasteiger partial charge in [-0.05, 0) is 46.0 Å². The first-order valence-corrected chi connectivity index (χ1v) is 9.71. The van der Waals surface area contributed by atoms with Crippen LogP contribution in [0.1, 0.15) is 25.7 Å². The Labute approximate surface area is 164 Å². The highest BCUT2D eigenvalue weighted by Gasteiger charge is 2.23. The summed E-state index contributed by atoms with van der Waals surface area (Å²) in [6.07, 6.45) is 0. The van der Waals surface area contributed by atoms with Crippen LogP contribution in [-0.4, -0.2) is 35.7 Å². The van der Waals surface area contributed by atoms with E-state index in [2.05, 4.69) is 25.7 Å². The lowest BCUT2D eigenvalue weighted by molar-refractivity contribution is -0.123. The van der Waals surface area contributed by atoms with E-state index >= 15 is 0 Å². The molecule has 1 amide bonds. The predicted octanol–water partition coefficient (Wildman–Crippen LogP) is 1.88. The van der Waals surface area contributed by atoms with Gasteiger partial charge in [0.1, 0.15) is 17.4 Å². The summed E-state index contributed by atoms with van der Waals surface area (Å²) in [5.41, 5.74) is 1.29. The van der Waals surface area contributed by atoms with Crippen LogP contribution in [0.4, 0.5) is 0 Å². The van der Waals surface area contributed by atoms with Crippen molar-refractivity contribution < 1.29 is 4.79 Å². The number of para-hydroxylation sites is 2. The van der Waals surface area contributed by atoms with Crippen molar-refractivity contribution in [3.8, 4) is 5.00 Å². The maximum atomic E-state index is 12.6. The minimum absolute atomic E-state index is 0.100. The second-order valence-electron chi connectivity index (χ2n) is 6.71. The summed E-state index contributed by atoms with van der Waals surface area (Å²) in [4.78, 5) is 32.8. The van der Waals surface area contributed by atoms with Crippen LogP contribution in [0.25, 0.3) is 16.0 Å². The van der Waals surface area contributed by atoms with Gasteiger partial charge in [0.05, 0.1) is 17.1 Å². The smallest absolute Gasteiger partial charge is 0.344 e. The molecule has 4 rings (SSSR count). The summed E-state index contributed by atoms with van der Waals surface area (Å²) in [5.74, 6) is 0.446. The molecule has 0 spiro atoms. The number of nitrogens with one attached hydrogen (secondary N) is 2. The van der Waals surface area contributed by atoms with Crippen LogP contribution in [0.5, 0.6) is 0 Å². The zero-order valence-electron chi connectivity index (χ0n) is 15.4. The third-order valence-electron chi connectivity index (χ3n) is 4.33. The van der Waals surface area contributed by atoms with Crippen LogP contribution in [-0.2, 0) is 11.3 Å². The first-order chi connectivity index (χ1) is 13.5. The summed E-state index contributed by atoms with van der Waals surface area (Å²) in [6.45, 7) is 3.78. The van der Waals surface area contributed by atoms with Crippen molar-refractivity contribution in [1.29, 1.82) is 0 Å². The molecule has 0 unspecified atom stereocenters. The van der Waals surface area contributed by atoms with E-state index in [1.165, 1.54) is 16.0 Å². The number of fused-ring (bicyclic) bond motifs is 1. The minimum atomic E-state index is -0.456. The molecule has 28 heavy (non-hydrogen) atoms. The molecule has 0 radical (unpaired) electrons. The van der Waals surface area contributed by atoms with Crippen molar-refractivity contribution in [2.24, 2.45) is 5.92 Å². The second kappa shape index (κ2) is 7.39. The van der Waals surface area contributed by atoms with E-state index in [-0.39, 0.29) is 24.4 Å². The maximum absolute atomic E-state index is 12.6. The molecule has 0 bridgehead atoms. The average Bonchev–Trinajstić information content (AvgIpc) is 3.40. The third-order valence-corrected chi connectivity index (χ3v) is 5.18. The standard InChI is InChI=1S/C18H19N7O2S/c1-11(2)16(17-19-12-6-3-4-7-13(12)20-17)21-14(26)10-24-18(27)25(23-22-24)15-8-5-9-28-15/h3-9,11,16H,10H2,1-2H3,(H,19,20)(H,21,26)/t16-/m0/s1. The molecule has 0 aliphatic rings. The third kappa shape index (κ3) is 3.46. The van der Waals surface area contributed by atoms with Crippen LogP contribution >= 0.6 is 11.3 Å². The zero-order valence-corrected chi connectivity index (χ0v) is 16.2. The van der Waals surface area contributed by atoms with Crippen molar-refractivity contribution in [2.45, 2.75) is 26.4 Å². The lowest BCUT2D eigenvalue weighted by Crippen LogP contribution is -2.37. The number of tetrazole rings is 1. The van der Waals surface area contributed by atoms with Crippen LogP contribution in [0.15, 0.2) is 46.6 Å². The fourth-order valence-electron chi connectivity index (χ4n) is 2.93. The molecule has 2 N–H and O–H groups in total. The molecule has 0 saturated heterocycles. The SMILES string of the molecule is CC(C)[C@H](NC(=O)Cn1nnn(-c2cccs2)c1=O)c1nc2ccccc2[nH]1. The molecule has 144 valence electrons. The Hall–Kier alpha value is -3.27. The zero-order chi connectivity index (χ0) is 19.7. The van der Waals surface area contributed by atoms with E-state index in [4.69, 9.17) is 0 Å². The Morgan fingerprint density at radius 3 is 2.75 bits per heavy atom. The topological polar surface area (TPSA) is 110 Å². The maximum Gasteiger partial charge on any atom is 0.369 e. The van der Waals surface area contributed by atoms with E-state index in [1.54, 1.807) is 6.07 Å². The summed E-state index contributed by atoms with van der Waals surface area (Å²) < 4.78 is 2.22. The Morgan fingerprint density at radius 1 is 1.21 bits per heavy atom. The van der Waals surface area contributed by atoms with Crippen LogP contribution < -0.4 is 11.0 Å². The highest BCUT2D eigenvalue weighted by Crippen LogP contribution is 2.22. The lowest BCUT2D eigenvalue weighted by atomic mass is 10.0. The van der Waals surface area contributed by atoms with E-state index in [9.17, 15) is 9.59 Å². The number of imidazole rings is 1. The summed E-state index contributed by atoms with van der Waals surface area (Å²) in [5, 5.41) is 13.1. The predicted molar refractivity (Wildman–Crippen MR) is 105 cm³/mol. The highest BCUT2D eigenvalue weighted by atomic mass is 32.1. The number of aromatic nitrogens is 6. The molecule has 10 heteroatoms. The minimum Gasteiger partial charge on any atom is -0.344 e. The number of hydrogen-bond donors (Lipinski definition) is 2. The largest absolute Gasteiger partial charge is 0.369 e. The van der Waals surface area contributed by atoms with Crippen molar-refractivity contribution in [3.05, 3.63) is 58.1 Å². The average molecular weight is 397 g/mol. The molecule has 9 nitrogen and oxygen atoms in total. The number of hydrogen-bond acceptors (Lipinski definition) is 6. The number of carbonyl (C=O) groups excluding carboxylic acids is 1. The molecule has 1 atom stereocenters. The molecule has 0 fully saturated rings. The summed E-state index contributed by atoms with van der Waals surface area (Å²) in [7, 11) is 0. The van der Waals surface area contributed by atoms with Gasteiger partial charge in [-0.25, -0.2) is 9.78 Å². The molecular weight excluding hydrogens is 378 g/mol. The van der Waals surface area contributed by atoms with Crippen molar-refractivity contribution in [3.63, 3.8) is 0 Å². The van der Waals surface area contributed by atoms with Crippen molar-refractivity contribution in [2.75, 3.05) is 0 Å². The fraction of sp³-hybridized carbons (Fsp3) is 0.278. The Balaban J connectivity index is 1.52. The Kier molecular flexibility index (Phi) is 4.78. The van der Waals surface area contributed by atoms with Gasteiger partial charge in [0.25, 0.3) is 0 Å². The van der Waals surface area contributed by atoms with E-state index < -0.39 is 5.69 Å². The molecule has 4 aromatic rings. The summed E-state index contributed by atoms with van der Waals surface area (Å²) in [6, 6.07) is 11.0. The Bertz CT molecular complexity index is 1120. The number of amides is 1. The number of carbonyl (C=O) groups is 1. The molecule has 0 aliphatic carbocycles. The van der Waals surface area contributed by atoms with Gasteiger partial charge in [-0.1, -0.05) is 26.0 Å². The van der Waals surface area contributed by atoms with Crippen LogP contribution in [0, 0.1) is 5.92 Å². The highest BCUT2D eigenvalue weighted by molar-refractivity contribution is 7.12. The first kappa shape index (κ1) is 18.1. The van der Waals surface area contributed by atoms with Gasteiger partial charge in [-0.15, -0.1) is 11.3 Å². The molecular formula is C18H19N7O2S. The molecule has 3 heterocycles. The first-order valence-electron chi connectivity index (χ1n) is 8.83. The fourth-order valence-corrected chi connectivity index (χ4v) is 3.60. The molecule has 3 aromatic heterocycles. The molecule has 0 saturated carbocycles. The van der Waals surface area contributed by atoms with Gasteiger partial charge in [0.2, 0.25) is 5.91 Å². The van der Waals surface area contributed by atoms with Crippen molar-refractivity contribution in [1.82, 2.24) is 35.1 Å². The molecule has 1 aromatic carbocycles.